The van der Waals surface area contributed by atoms with E-state index >= 15 is 0 Å². The minimum absolute atomic E-state index is 0.166. The highest BCUT2D eigenvalue weighted by atomic mass is 16.6. The van der Waals surface area contributed by atoms with Gasteiger partial charge >= 0.3 is 12.1 Å². The van der Waals surface area contributed by atoms with Gasteiger partial charge in [0.2, 0.25) is 5.91 Å². The fourth-order valence-corrected chi connectivity index (χ4v) is 3.81. The Bertz CT molecular complexity index is 787. The summed E-state index contributed by atoms with van der Waals surface area (Å²) in [5.74, 6) is -0.283. The zero-order valence-electron chi connectivity index (χ0n) is 20.4. The maximum atomic E-state index is 13.0. The highest BCUT2D eigenvalue weighted by Crippen LogP contribution is 2.27. The largest absolute Gasteiger partial charge is 0.497 e. The van der Waals surface area contributed by atoms with E-state index in [9.17, 15) is 14.4 Å². The molecular weight excluding hydrogens is 424 g/mol. The summed E-state index contributed by atoms with van der Waals surface area (Å²) >= 11 is 0. The molecule has 0 unspecified atom stereocenters. The summed E-state index contributed by atoms with van der Waals surface area (Å²) in [5, 5.41) is 5.66. The quantitative estimate of drug-likeness (QED) is 0.507. The molecule has 2 amide bonds. The van der Waals surface area contributed by atoms with Crippen molar-refractivity contribution in [1.82, 2.24) is 10.6 Å². The third kappa shape index (κ3) is 8.94. The van der Waals surface area contributed by atoms with E-state index < -0.39 is 23.7 Å². The molecule has 1 aromatic carbocycles. The van der Waals surface area contributed by atoms with Crippen LogP contribution in [0.25, 0.3) is 0 Å². The lowest BCUT2D eigenvalue weighted by Gasteiger charge is -2.26. The molecule has 1 fully saturated rings. The van der Waals surface area contributed by atoms with Gasteiger partial charge in [-0.2, -0.15) is 0 Å². The Morgan fingerprint density at radius 1 is 1.12 bits per heavy atom. The standard InChI is InChI=1S/C25H38N2O6/c1-6-7-10-21(27-24(30)33-25(2,3)4)22(28)26-20-11-8-9-19(20)23(29)32-16-17-12-14-18(31-5)15-13-17/h12-15,19-21H,6-11,16H2,1-5H3,(H,26,28)(H,27,30)/t19-,20+,21-/m1/s1. The fraction of sp³-hybridized carbons (Fsp3) is 0.640. The van der Waals surface area contributed by atoms with E-state index in [1.165, 1.54) is 0 Å². The van der Waals surface area contributed by atoms with Crippen LogP contribution >= 0.6 is 0 Å². The van der Waals surface area contributed by atoms with Gasteiger partial charge in [0.15, 0.2) is 0 Å². The summed E-state index contributed by atoms with van der Waals surface area (Å²) in [5.41, 5.74) is 0.212. The smallest absolute Gasteiger partial charge is 0.408 e. The van der Waals surface area contributed by atoms with Crippen LogP contribution in [0.3, 0.4) is 0 Å². The summed E-state index contributed by atoms with van der Waals surface area (Å²) < 4.78 is 16.0. The van der Waals surface area contributed by atoms with Crippen molar-refractivity contribution in [3.8, 4) is 5.75 Å². The van der Waals surface area contributed by atoms with Gasteiger partial charge in [-0.3, -0.25) is 9.59 Å². The summed E-state index contributed by atoms with van der Waals surface area (Å²) in [6.07, 6.45) is 3.73. The van der Waals surface area contributed by atoms with Crippen LogP contribution in [0.5, 0.6) is 5.75 Å². The lowest BCUT2D eigenvalue weighted by molar-refractivity contribution is -0.150. The van der Waals surface area contributed by atoms with Gasteiger partial charge in [0.25, 0.3) is 0 Å². The van der Waals surface area contributed by atoms with Crippen molar-refractivity contribution in [1.29, 1.82) is 0 Å². The molecule has 0 bridgehead atoms. The SMILES string of the molecule is CCCC[C@@H](NC(=O)OC(C)(C)C)C(=O)N[C@H]1CCC[C@H]1C(=O)OCc1ccc(OC)cc1. The predicted octanol–water partition coefficient (Wildman–Crippen LogP) is 4.11. The third-order valence-electron chi connectivity index (χ3n) is 5.54. The molecule has 1 saturated carbocycles. The molecule has 184 valence electrons. The summed E-state index contributed by atoms with van der Waals surface area (Å²) in [7, 11) is 1.60. The van der Waals surface area contributed by atoms with Crippen LogP contribution in [0, 0.1) is 5.92 Å². The van der Waals surface area contributed by atoms with Crippen molar-refractivity contribution in [2.45, 2.75) is 90.5 Å². The number of carbonyl (C=O) groups excluding carboxylic acids is 3. The van der Waals surface area contributed by atoms with Crippen molar-refractivity contribution in [2.75, 3.05) is 7.11 Å². The Hall–Kier alpha value is -2.77. The van der Waals surface area contributed by atoms with Gasteiger partial charge in [0.05, 0.1) is 13.0 Å². The van der Waals surface area contributed by atoms with E-state index in [-0.39, 0.29) is 24.5 Å². The van der Waals surface area contributed by atoms with Gasteiger partial charge in [-0.25, -0.2) is 4.79 Å². The number of nitrogens with one attached hydrogen (secondary N) is 2. The van der Waals surface area contributed by atoms with Crippen molar-refractivity contribution in [3.63, 3.8) is 0 Å². The second-order valence-corrected chi connectivity index (χ2v) is 9.45. The Balaban J connectivity index is 1.93. The van der Waals surface area contributed by atoms with Crippen LogP contribution in [-0.4, -0.2) is 42.8 Å². The van der Waals surface area contributed by atoms with Crippen LogP contribution in [0.4, 0.5) is 4.79 Å². The summed E-state index contributed by atoms with van der Waals surface area (Å²) in [4.78, 5) is 37.9. The van der Waals surface area contributed by atoms with E-state index in [2.05, 4.69) is 10.6 Å². The van der Waals surface area contributed by atoms with E-state index in [0.717, 1.165) is 30.6 Å². The minimum atomic E-state index is -0.712. The van der Waals surface area contributed by atoms with E-state index in [1.54, 1.807) is 27.9 Å². The third-order valence-corrected chi connectivity index (χ3v) is 5.54. The molecule has 0 radical (unpaired) electrons. The molecule has 1 aromatic rings. The molecule has 33 heavy (non-hydrogen) atoms. The average Bonchev–Trinajstić information content (AvgIpc) is 3.22. The monoisotopic (exact) mass is 462 g/mol. The Morgan fingerprint density at radius 2 is 1.82 bits per heavy atom. The van der Waals surface area contributed by atoms with Crippen molar-refractivity contribution in [2.24, 2.45) is 5.92 Å². The number of rotatable bonds is 10. The molecular formula is C25H38N2O6. The van der Waals surface area contributed by atoms with Crippen LogP contribution < -0.4 is 15.4 Å². The number of amides is 2. The Labute approximate surface area is 196 Å². The molecule has 8 nitrogen and oxygen atoms in total. The summed E-state index contributed by atoms with van der Waals surface area (Å²) in [6.45, 7) is 7.50. The zero-order chi connectivity index (χ0) is 24.4. The van der Waals surface area contributed by atoms with Gasteiger partial charge in [0, 0.05) is 6.04 Å². The molecule has 0 heterocycles. The Morgan fingerprint density at radius 3 is 2.42 bits per heavy atom. The molecule has 1 aliphatic carbocycles. The van der Waals surface area contributed by atoms with Crippen LogP contribution in [0.15, 0.2) is 24.3 Å². The number of ether oxygens (including phenoxy) is 3. The molecule has 0 saturated heterocycles. The molecule has 8 heteroatoms. The highest BCUT2D eigenvalue weighted by Gasteiger charge is 2.36. The lowest BCUT2D eigenvalue weighted by Crippen LogP contribution is -2.52. The maximum absolute atomic E-state index is 13.0. The molecule has 2 rings (SSSR count). The molecule has 1 aliphatic rings. The highest BCUT2D eigenvalue weighted by molar-refractivity contribution is 5.86. The van der Waals surface area contributed by atoms with Gasteiger partial charge < -0.3 is 24.8 Å². The normalized spacial score (nSPS) is 18.8. The first-order chi connectivity index (χ1) is 15.6. The minimum Gasteiger partial charge on any atom is -0.497 e. The van der Waals surface area contributed by atoms with Gasteiger partial charge in [-0.15, -0.1) is 0 Å². The Kier molecular flexibility index (Phi) is 10.0. The number of esters is 1. The van der Waals surface area contributed by atoms with Crippen molar-refractivity contribution >= 4 is 18.0 Å². The molecule has 2 N–H and O–H groups in total. The van der Waals surface area contributed by atoms with Crippen LogP contribution in [0.2, 0.25) is 0 Å². The molecule has 0 aliphatic heterocycles. The lowest BCUT2D eigenvalue weighted by atomic mass is 10.0. The van der Waals surface area contributed by atoms with Crippen molar-refractivity contribution in [3.05, 3.63) is 29.8 Å². The predicted molar refractivity (Wildman–Crippen MR) is 125 cm³/mol. The number of hydrogen-bond acceptors (Lipinski definition) is 6. The van der Waals surface area contributed by atoms with Crippen LogP contribution in [0.1, 0.15) is 71.8 Å². The summed E-state index contributed by atoms with van der Waals surface area (Å²) in [6, 6.07) is 6.30. The average molecular weight is 463 g/mol. The topological polar surface area (TPSA) is 103 Å². The number of hydrogen-bond donors (Lipinski definition) is 2. The van der Waals surface area contributed by atoms with E-state index in [1.807, 2.05) is 31.2 Å². The van der Waals surface area contributed by atoms with Gasteiger partial charge in [-0.1, -0.05) is 38.3 Å². The van der Waals surface area contributed by atoms with Gasteiger partial charge in [-0.05, 0) is 57.7 Å². The van der Waals surface area contributed by atoms with Crippen LogP contribution in [-0.2, 0) is 25.7 Å². The number of carbonyl (C=O) groups is 3. The van der Waals surface area contributed by atoms with E-state index in [4.69, 9.17) is 14.2 Å². The first-order valence-electron chi connectivity index (χ1n) is 11.7. The van der Waals surface area contributed by atoms with Crippen molar-refractivity contribution < 1.29 is 28.6 Å². The maximum Gasteiger partial charge on any atom is 0.408 e. The van der Waals surface area contributed by atoms with Gasteiger partial charge in [0.1, 0.15) is 24.0 Å². The number of alkyl carbamates (subject to hydrolysis) is 1. The zero-order valence-corrected chi connectivity index (χ0v) is 20.4. The molecule has 0 spiro atoms. The number of methoxy groups -OCH3 is 1. The second kappa shape index (κ2) is 12.5. The first kappa shape index (κ1) is 26.5. The fourth-order valence-electron chi connectivity index (χ4n) is 3.81. The first-order valence-corrected chi connectivity index (χ1v) is 11.7. The van der Waals surface area contributed by atoms with E-state index in [0.29, 0.717) is 19.3 Å². The number of unbranched alkanes of at least 4 members (excludes halogenated alkanes) is 1. The molecule has 0 aromatic heterocycles. The second-order valence-electron chi connectivity index (χ2n) is 9.45. The molecule has 3 atom stereocenters. The number of benzene rings is 1.